The van der Waals surface area contributed by atoms with Crippen LogP contribution < -0.4 is 16.3 Å². The number of hydrogen-bond donors (Lipinski definition) is 3. The Morgan fingerprint density at radius 2 is 1.76 bits per heavy atom. The van der Waals surface area contributed by atoms with Gasteiger partial charge in [0.1, 0.15) is 5.88 Å². The van der Waals surface area contributed by atoms with E-state index in [0.29, 0.717) is 17.7 Å². The van der Waals surface area contributed by atoms with Gasteiger partial charge in [-0.25, -0.2) is 17.8 Å². The molecule has 9 nitrogen and oxygen atoms in total. The van der Waals surface area contributed by atoms with Crippen molar-refractivity contribution in [2.45, 2.75) is 29.3 Å². The van der Waals surface area contributed by atoms with Gasteiger partial charge in [0.15, 0.2) is 5.03 Å². The van der Waals surface area contributed by atoms with E-state index >= 15 is 0 Å². The van der Waals surface area contributed by atoms with Gasteiger partial charge < -0.3 is 10.6 Å². The molecule has 1 aromatic heterocycles. The van der Waals surface area contributed by atoms with E-state index in [-0.39, 0.29) is 22.4 Å². The molecule has 1 aliphatic heterocycles. The first kappa shape index (κ1) is 25.5. The molecule has 5 rings (SSSR count). The van der Waals surface area contributed by atoms with Crippen molar-refractivity contribution in [2.75, 3.05) is 16.5 Å². The number of sulfone groups is 1. The van der Waals surface area contributed by atoms with Crippen molar-refractivity contribution >= 4 is 44.6 Å². The maximum absolute atomic E-state index is 13.8. The Balaban J connectivity index is 1.54. The normalized spacial score (nSPS) is 14.5. The second kappa shape index (κ2) is 9.96. The number of carbonyl (C=O) groups is 2. The van der Waals surface area contributed by atoms with Crippen LogP contribution in [0.3, 0.4) is 0 Å². The molecular weight excluding hydrogens is 528 g/mol. The van der Waals surface area contributed by atoms with Crippen LogP contribution in [0.1, 0.15) is 22.8 Å². The Hall–Kier alpha value is -4.15. The molecule has 0 saturated heterocycles. The summed E-state index contributed by atoms with van der Waals surface area (Å²) in [5, 5.41) is 5.52. The van der Waals surface area contributed by atoms with Crippen molar-refractivity contribution < 1.29 is 18.0 Å². The summed E-state index contributed by atoms with van der Waals surface area (Å²) < 4.78 is 28.4. The number of H-pyrrole nitrogens is 1. The fourth-order valence-corrected chi connectivity index (χ4v) is 6.08. The number of hydrogen-bond acceptors (Lipinski definition) is 6. The summed E-state index contributed by atoms with van der Waals surface area (Å²) in [6.45, 7) is 2.02. The van der Waals surface area contributed by atoms with Gasteiger partial charge in [-0.2, -0.15) is 0 Å². The lowest BCUT2D eigenvalue weighted by Gasteiger charge is -2.14. The van der Waals surface area contributed by atoms with Gasteiger partial charge in [-0.15, -0.1) is 11.6 Å². The number of amides is 1. The third-order valence-electron chi connectivity index (χ3n) is 6.28. The second-order valence-electron chi connectivity index (χ2n) is 8.94. The van der Waals surface area contributed by atoms with Crippen LogP contribution in [0.5, 0.6) is 0 Å². The lowest BCUT2D eigenvalue weighted by Crippen LogP contribution is -2.24. The van der Waals surface area contributed by atoms with E-state index in [0.717, 1.165) is 27.6 Å². The highest BCUT2D eigenvalue weighted by atomic mass is 35.5. The van der Waals surface area contributed by atoms with Crippen LogP contribution in [0.2, 0.25) is 0 Å². The molecule has 38 heavy (non-hydrogen) atoms. The van der Waals surface area contributed by atoms with E-state index in [1.807, 2.05) is 37.3 Å². The van der Waals surface area contributed by atoms with Crippen molar-refractivity contribution in [3.8, 4) is 11.1 Å². The number of imidazole rings is 1. The topological polar surface area (TPSA) is 130 Å². The third-order valence-corrected chi connectivity index (χ3v) is 8.23. The van der Waals surface area contributed by atoms with Crippen molar-refractivity contribution in [1.82, 2.24) is 9.55 Å². The van der Waals surface area contributed by atoms with Crippen LogP contribution in [0.4, 0.5) is 11.4 Å². The molecule has 2 heterocycles. The number of benzene rings is 3. The Labute approximate surface area is 223 Å². The molecule has 0 saturated carbocycles. The van der Waals surface area contributed by atoms with E-state index < -0.39 is 32.4 Å². The van der Waals surface area contributed by atoms with Crippen LogP contribution in [-0.4, -0.2) is 41.7 Å². The monoisotopic (exact) mass is 550 g/mol. The molecule has 11 heteroatoms. The zero-order valence-corrected chi connectivity index (χ0v) is 21.8. The van der Waals surface area contributed by atoms with E-state index in [4.69, 9.17) is 11.6 Å². The maximum Gasteiger partial charge on any atom is 0.333 e. The van der Waals surface area contributed by atoms with E-state index in [9.17, 15) is 22.8 Å². The number of aromatic amines is 1. The van der Waals surface area contributed by atoms with Crippen LogP contribution >= 0.6 is 11.6 Å². The molecule has 0 fully saturated rings. The highest BCUT2D eigenvalue weighted by Gasteiger charge is 2.31. The first-order valence-electron chi connectivity index (χ1n) is 11.7. The Morgan fingerprint density at radius 3 is 2.45 bits per heavy atom. The second-order valence-corrected chi connectivity index (χ2v) is 11.1. The molecule has 0 aliphatic carbocycles. The highest BCUT2D eigenvalue weighted by molar-refractivity contribution is 7.91. The van der Waals surface area contributed by atoms with Gasteiger partial charge in [-0.3, -0.25) is 14.6 Å². The molecule has 1 atom stereocenters. The van der Waals surface area contributed by atoms with Gasteiger partial charge in [0.2, 0.25) is 15.7 Å². The van der Waals surface area contributed by atoms with Gasteiger partial charge in [0, 0.05) is 28.5 Å². The first-order valence-corrected chi connectivity index (χ1v) is 13.8. The minimum absolute atomic E-state index is 0.0404. The number of nitrogens with one attached hydrogen (secondary N) is 3. The molecule has 0 bridgehead atoms. The standard InChI is InChI=1S/C27H23ClN4O5S/c1-16-13-20-21(29-16)11-12-22(25(20)17-5-3-2-4-6-17)38(36,37)24-15-32(27(35)31-24)26(34)18-7-9-19(10-8-18)30-23(33)14-28/h2-12,15-16,29H,13-14H2,1H3,(H,30,33)(H,31,35). The van der Waals surface area contributed by atoms with Crippen LogP contribution in [0.15, 0.2) is 87.6 Å². The van der Waals surface area contributed by atoms with E-state index in [1.54, 1.807) is 6.07 Å². The molecule has 1 amide bonds. The van der Waals surface area contributed by atoms with E-state index in [1.165, 1.54) is 30.3 Å². The largest absolute Gasteiger partial charge is 0.382 e. The zero-order chi connectivity index (χ0) is 27.0. The average molecular weight is 551 g/mol. The Morgan fingerprint density at radius 1 is 1.05 bits per heavy atom. The molecule has 0 spiro atoms. The Kier molecular flexibility index (Phi) is 6.68. The molecule has 194 valence electrons. The summed E-state index contributed by atoms with van der Waals surface area (Å²) in [5.41, 5.74) is 2.71. The molecule has 4 aromatic rings. The predicted molar refractivity (Wildman–Crippen MR) is 145 cm³/mol. The summed E-state index contributed by atoms with van der Waals surface area (Å²) in [5.74, 6) is -1.35. The smallest absolute Gasteiger partial charge is 0.333 e. The maximum atomic E-state index is 13.8. The van der Waals surface area contributed by atoms with Gasteiger partial charge >= 0.3 is 5.69 Å². The number of rotatable bonds is 6. The number of anilines is 2. The average Bonchev–Trinajstić information content (AvgIpc) is 3.50. The third kappa shape index (κ3) is 4.64. The molecule has 3 aromatic carbocycles. The summed E-state index contributed by atoms with van der Waals surface area (Å²) >= 11 is 5.48. The molecular formula is C27H23ClN4O5S. The summed E-state index contributed by atoms with van der Waals surface area (Å²) in [6.07, 6.45) is 1.65. The zero-order valence-electron chi connectivity index (χ0n) is 20.2. The molecule has 0 radical (unpaired) electrons. The van der Waals surface area contributed by atoms with Gasteiger partial charge in [-0.05, 0) is 60.9 Å². The summed E-state index contributed by atoms with van der Waals surface area (Å²) in [6, 6.07) is 18.4. The fourth-order valence-electron chi connectivity index (χ4n) is 4.55. The fraction of sp³-hybridized carbons (Fsp3) is 0.148. The van der Waals surface area contributed by atoms with E-state index in [2.05, 4.69) is 15.6 Å². The molecule has 3 N–H and O–H groups in total. The van der Waals surface area contributed by atoms with Crippen molar-refractivity contribution in [3.05, 3.63) is 94.5 Å². The number of carbonyl (C=O) groups excluding carboxylic acids is 2. The number of nitrogens with zero attached hydrogens (tertiary/aromatic N) is 1. The molecule has 1 unspecified atom stereocenters. The van der Waals surface area contributed by atoms with Crippen molar-refractivity contribution in [3.63, 3.8) is 0 Å². The summed E-state index contributed by atoms with van der Waals surface area (Å²) in [4.78, 5) is 39.6. The first-order chi connectivity index (χ1) is 18.2. The van der Waals surface area contributed by atoms with Crippen LogP contribution in [0, 0.1) is 0 Å². The Bertz CT molecular complexity index is 1710. The van der Waals surface area contributed by atoms with Gasteiger partial charge in [-0.1, -0.05) is 30.3 Å². The number of fused-ring (bicyclic) bond motifs is 1. The lowest BCUT2D eigenvalue weighted by atomic mass is 9.97. The highest BCUT2D eigenvalue weighted by Crippen LogP contribution is 2.40. The van der Waals surface area contributed by atoms with Crippen LogP contribution in [0.25, 0.3) is 11.1 Å². The molecule has 1 aliphatic rings. The number of halogens is 1. The predicted octanol–water partition coefficient (Wildman–Crippen LogP) is 3.90. The summed E-state index contributed by atoms with van der Waals surface area (Å²) in [7, 11) is -4.21. The minimum Gasteiger partial charge on any atom is -0.382 e. The van der Waals surface area contributed by atoms with Crippen molar-refractivity contribution in [2.24, 2.45) is 0 Å². The SMILES string of the molecule is CC1Cc2c(ccc(S(=O)(=O)c3cn(C(=O)c4ccc(NC(=O)CCl)cc4)c(=O)[nH]3)c2-c2ccccc2)N1. The van der Waals surface area contributed by atoms with Crippen molar-refractivity contribution in [1.29, 1.82) is 0 Å². The van der Waals surface area contributed by atoms with Gasteiger partial charge in [0.05, 0.1) is 11.1 Å². The number of alkyl halides is 1. The number of aromatic nitrogens is 2. The van der Waals surface area contributed by atoms with Gasteiger partial charge in [0.25, 0.3) is 5.91 Å². The lowest BCUT2D eigenvalue weighted by molar-refractivity contribution is -0.113. The van der Waals surface area contributed by atoms with Crippen LogP contribution in [-0.2, 0) is 21.1 Å². The minimum atomic E-state index is -4.21. The quantitative estimate of drug-likeness (QED) is 0.312.